The van der Waals surface area contributed by atoms with E-state index in [2.05, 4.69) is 56.2 Å². The Bertz CT molecular complexity index is 350. The molecule has 1 rings (SSSR count). The monoisotopic (exact) mass is 252 g/mol. The molecule has 1 aromatic rings. The van der Waals surface area contributed by atoms with E-state index in [0.717, 1.165) is 11.5 Å². The third-order valence-electron chi connectivity index (χ3n) is 2.80. The van der Waals surface area contributed by atoms with Crippen LogP contribution in [0.1, 0.15) is 16.7 Å². The Balaban J connectivity index is 3.23. The Morgan fingerprint density at radius 1 is 1.00 bits per heavy atom. The van der Waals surface area contributed by atoms with Crippen LogP contribution in [0.25, 0.3) is 0 Å². The zero-order valence-corrected chi connectivity index (χ0v) is 13.6. The van der Waals surface area contributed by atoms with E-state index in [1.165, 1.54) is 0 Å². The molecule has 0 radical (unpaired) electrons. The van der Waals surface area contributed by atoms with Crippen LogP contribution in [0.15, 0.2) is 12.3 Å². The van der Waals surface area contributed by atoms with Gasteiger partial charge in [0.2, 0.25) is 0 Å². The molecule has 1 aromatic heterocycles. The highest BCUT2D eigenvalue weighted by Crippen LogP contribution is 2.33. The summed E-state index contributed by atoms with van der Waals surface area (Å²) in [4.78, 5) is 9.20. The fourth-order valence-corrected chi connectivity index (χ4v) is 14.9. The molecule has 0 N–H and O–H groups in total. The second-order valence-corrected chi connectivity index (χ2v) is 17.9. The summed E-state index contributed by atoms with van der Waals surface area (Å²) >= 11 is 0. The van der Waals surface area contributed by atoms with Gasteiger partial charge >= 0.3 is 0 Å². The van der Waals surface area contributed by atoms with E-state index in [1.54, 1.807) is 0 Å². The Kier molecular flexibility index (Phi) is 3.74. The third-order valence-corrected chi connectivity index (χ3v) is 12.0. The van der Waals surface area contributed by atoms with Crippen LogP contribution in [-0.4, -0.2) is 26.1 Å². The standard InChI is InChI=1S/C12H24N2Si2/c1-10-8-9-13-11(14-10)12(15(2,3)4)16(5,6)7/h8-9,12H,1-7H3. The molecule has 0 aromatic carbocycles. The number of nitrogens with zero attached hydrogens (tertiary/aromatic N) is 2. The Morgan fingerprint density at radius 3 is 1.88 bits per heavy atom. The van der Waals surface area contributed by atoms with Crippen LogP contribution >= 0.6 is 0 Å². The van der Waals surface area contributed by atoms with E-state index >= 15 is 0 Å². The lowest BCUT2D eigenvalue weighted by Crippen LogP contribution is -2.47. The van der Waals surface area contributed by atoms with Crippen LogP contribution < -0.4 is 0 Å². The van der Waals surface area contributed by atoms with Gasteiger partial charge in [0.15, 0.2) is 0 Å². The van der Waals surface area contributed by atoms with Crippen LogP contribution in [0.4, 0.5) is 0 Å². The zero-order chi connectivity index (χ0) is 12.6. The van der Waals surface area contributed by atoms with Crippen molar-refractivity contribution in [2.24, 2.45) is 0 Å². The molecular formula is C12H24N2Si2. The van der Waals surface area contributed by atoms with Crippen molar-refractivity contribution in [2.75, 3.05) is 0 Å². The predicted octanol–water partition coefficient (Wildman–Crippen LogP) is 3.62. The largest absolute Gasteiger partial charge is 0.242 e. The van der Waals surface area contributed by atoms with Crippen molar-refractivity contribution in [3.8, 4) is 0 Å². The fraction of sp³-hybridized carbons (Fsp3) is 0.667. The molecule has 4 heteroatoms. The van der Waals surface area contributed by atoms with Gasteiger partial charge in [-0.15, -0.1) is 0 Å². The maximum atomic E-state index is 4.66. The number of aromatic nitrogens is 2. The van der Waals surface area contributed by atoms with Gasteiger partial charge < -0.3 is 0 Å². The van der Waals surface area contributed by atoms with Gasteiger partial charge in [-0.25, -0.2) is 9.97 Å². The molecule has 0 aliphatic heterocycles. The molecule has 0 unspecified atom stereocenters. The summed E-state index contributed by atoms with van der Waals surface area (Å²) in [6.07, 6.45) is 1.91. The maximum absolute atomic E-state index is 4.66. The van der Waals surface area contributed by atoms with Gasteiger partial charge in [-0.1, -0.05) is 39.3 Å². The Morgan fingerprint density at radius 2 is 1.50 bits per heavy atom. The zero-order valence-electron chi connectivity index (χ0n) is 11.6. The summed E-state index contributed by atoms with van der Waals surface area (Å²) in [6.45, 7) is 16.6. The molecule has 0 spiro atoms. The Hall–Kier alpha value is -0.486. The van der Waals surface area contributed by atoms with Gasteiger partial charge in [0.25, 0.3) is 0 Å². The van der Waals surface area contributed by atoms with Crippen molar-refractivity contribution < 1.29 is 0 Å². The highest BCUT2D eigenvalue weighted by atomic mass is 28.4. The van der Waals surface area contributed by atoms with E-state index in [0.29, 0.717) is 5.16 Å². The minimum Gasteiger partial charge on any atom is -0.242 e. The second kappa shape index (κ2) is 4.41. The molecule has 16 heavy (non-hydrogen) atoms. The van der Waals surface area contributed by atoms with E-state index in [-0.39, 0.29) is 0 Å². The first-order valence-electron chi connectivity index (χ1n) is 5.92. The molecule has 0 atom stereocenters. The van der Waals surface area contributed by atoms with E-state index in [1.807, 2.05) is 12.3 Å². The first kappa shape index (κ1) is 13.6. The Labute approximate surface area is 102 Å². The van der Waals surface area contributed by atoms with Crippen molar-refractivity contribution in [1.29, 1.82) is 0 Å². The summed E-state index contributed by atoms with van der Waals surface area (Å²) < 4.78 is 0. The molecule has 0 aliphatic rings. The van der Waals surface area contributed by atoms with Crippen molar-refractivity contribution in [3.63, 3.8) is 0 Å². The normalized spacial score (nSPS) is 13.2. The molecule has 1 heterocycles. The summed E-state index contributed by atoms with van der Waals surface area (Å²) in [5, 5.41) is 0.639. The lowest BCUT2D eigenvalue weighted by molar-refractivity contribution is 0.937. The van der Waals surface area contributed by atoms with Crippen LogP contribution in [0.3, 0.4) is 0 Å². The molecule has 0 saturated carbocycles. The average molecular weight is 253 g/mol. The number of aryl methyl sites for hydroxylation is 1. The minimum atomic E-state index is -1.25. The fourth-order valence-electron chi connectivity index (χ4n) is 2.68. The molecular weight excluding hydrogens is 228 g/mol. The summed E-state index contributed by atoms with van der Waals surface area (Å²) in [6, 6.07) is 1.98. The number of rotatable bonds is 3. The minimum absolute atomic E-state index is 0.639. The van der Waals surface area contributed by atoms with E-state index < -0.39 is 16.1 Å². The highest BCUT2D eigenvalue weighted by molar-refractivity contribution is 6.96. The predicted molar refractivity (Wildman–Crippen MR) is 76.2 cm³/mol. The second-order valence-electron chi connectivity index (χ2n) is 6.72. The first-order chi connectivity index (χ1) is 7.12. The van der Waals surface area contributed by atoms with Gasteiger partial charge in [-0.2, -0.15) is 0 Å². The van der Waals surface area contributed by atoms with Gasteiger partial charge in [-0.3, -0.25) is 0 Å². The van der Waals surface area contributed by atoms with Crippen LogP contribution in [0, 0.1) is 6.92 Å². The molecule has 0 amide bonds. The lowest BCUT2D eigenvalue weighted by Gasteiger charge is -2.37. The molecule has 0 aliphatic carbocycles. The topological polar surface area (TPSA) is 25.8 Å². The lowest BCUT2D eigenvalue weighted by atomic mass is 10.4. The van der Waals surface area contributed by atoms with Crippen LogP contribution in [-0.2, 0) is 0 Å². The van der Waals surface area contributed by atoms with E-state index in [4.69, 9.17) is 0 Å². The smallest absolute Gasteiger partial charge is 0.126 e. The summed E-state index contributed by atoms with van der Waals surface area (Å²) in [5.41, 5.74) is 1.09. The van der Waals surface area contributed by atoms with Gasteiger partial charge in [-0.05, 0) is 13.0 Å². The van der Waals surface area contributed by atoms with Crippen molar-refractivity contribution >= 4 is 16.1 Å². The molecule has 0 bridgehead atoms. The van der Waals surface area contributed by atoms with Gasteiger partial charge in [0, 0.05) is 17.1 Å². The van der Waals surface area contributed by atoms with Crippen molar-refractivity contribution in [1.82, 2.24) is 9.97 Å². The third kappa shape index (κ3) is 3.25. The summed E-state index contributed by atoms with van der Waals surface area (Å²) in [7, 11) is -2.50. The van der Waals surface area contributed by atoms with Gasteiger partial charge in [0.1, 0.15) is 5.82 Å². The summed E-state index contributed by atoms with van der Waals surface area (Å²) in [5.74, 6) is 1.10. The average Bonchev–Trinajstić information content (AvgIpc) is 1.97. The van der Waals surface area contributed by atoms with E-state index in [9.17, 15) is 0 Å². The van der Waals surface area contributed by atoms with Crippen molar-refractivity contribution in [3.05, 3.63) is 23.8 Å². The molecule has 2 nitrogen and oxygen atoms in total. The first-order valence-corrected chi connectivity index (χ1v) is 13.1. The molecule has 90 valence electrons. The quantitative estimate of drug-likeness (QED) is 0.768. The van der Waals surface area contributed by atoms with Crippen LogP contribution in [0.5, 0.6) is 0 Å². The molecule has 0 saturated heterocycles. The van der Waals surface area contributed by atoms with Crippen LogP contribution in [0.2, 0.25) is 39.3 Å². The molecule has 0 fully saturated rings. The number of hydrogen-bond acceptors (Lipinski definition) is 2. The van der Waals surface area contributed by atoms with Gasteiger partial charge in [0.05, 0.1) is 16.1 Å². The highest BCUT2D eigenvalue weighted by Gasteiger charge is 2.40. The number of hydrogen-bond donors (Lipinski definition) is 0. The maximum Gasteiger partial charge on any atom is 0.126 e. The van der Waals surface area contributed by atoms with Crippen molar-refractivity contribution in [2.45, 2.75) is 51.4 Å². The SMILES string of the molecule is Cc1ccnc(C([Si](C)(C)C)[Si](C)(C)C)n1.